The maximum atomic E-state index is 10.3. The first kappa shape index (κ1) is 23.4. The van der Waals surface area contributed by atoms with E-state index < -0.39 is 25.7 Å². The zero-order chi connectivity index (χ0) is 20.5. The molecule has 0 aliphatic heterocycles. The first-order valence-electron chi connectivity index (χ1n) is 12.1. The van der Waals surface area contributed by atoms with Gasteiger partial charge in [-0.15, -0.1) is 0 Å². The molecule has 0 saturated heterocycles. The summed E-state index contributed by atoms with van der Waals surface area (Å²) in [6, 6.07) is 6.02. The van der Waals surface area contributed by atoms with Gasteiger partial charge in [-0.3, -0.25) is 0 Å². The van der Waals surface area contributed by atoms with Gasteiger partial charge in [0.05, 0.1) is 5.56 Å². The van der Waals surface area contributed by atoms with Crippen LogP contribution in [0.4, 0.5) is 0 Å². The molecule has 0 atom stereocenters. The maximum Gasteiger partial charge on any atom is 0.335 e. The number of carbonyl (C=O) groups is 1. The van der Waals surface area contributed by atoms with Gasteiger partial charge in [-0.05, 0) is 24.3 Å². The number of halogens is 1. The predicted molar refractivity (Wildman–Crippen MR) is 126 cm³/mol. The first-order valence-corrected chi connectivity index (χ1v) is 18.2. The molecule has 29 heavy (non-hydrogen) atoms. The molecule has 0 amide bonds. The molecule has 0 bridgehead atoms. The largest absolute Gasteiger partial charge is 0.478 e. The van der Waals surface area contributed by atoms with Gasteiger partial charge in [-0.1, -0.05) is 11.6 Å². The van der Waals surface area contributed by atoms with Crippen LogP contribution in [-0.2, 0) is 0 Å². The molecule has 4 rings (SSSR count). The molecular weight excluding hydrogens is 486 g/mol. The van der Waals surface area contributed by atoms with E-state index in [9.17, 15) is 4.79 Å². The number of benzene rings is 1. The Hall–Kier alpha value is -0.221. The van der Waals surface area contributed by atoms with E-state index in [1.807, 2.05) is 0 Å². The minimum atomic E-state index is -1.31. The molecule has 4 heteroatoms. The topological polar surface area (TPSA) is 37.3 Å². The summed E-state index contributed by atoms with van der Waals surface area (Å²) < 4.78 is 4.00. The molecular formula is C25H39ClO2Sn. The molecule has 0 heterocycles. The Morgan fingerprint density at radius 3 is 1.34 bits per heavy atom. The second-order valence-corrected chi connectivity index (χ2v) is 21.4. The quantitative estimate of drug-likeness (QED) is 0.402. The van der Waals surface area contributed by atoms with E-state index in [1.165, 1.54) is 23.9 Å². The number of hydrogen-bond donors (Lipinski definition) is 1. The molecule has 2 nitrogen and oxygen atoms in total. The van der Waals surface area contributed by atoms with Crippen LogP contribution >= 0.6 is 11.6 Å². The molecule has 1 N–H and O–H groups in total. The van der Waals surface area contributed by atoms with Crippen molar-refractivity contribution in [2.75, 3.05) is 0 Å². The summed E-state index contributed by atoms with van der Waals surface area (Å²) in [5.41, 5.74) is 0.254. The average Bonchev–Trinajstić information content (AvgIpc) is 2.77. The van der Waals surface area contributed by atoms with Crippen LogP contribution in [0.5, 0.6) is 0 Å². The van der Waals surface area contributed by atoms with E-state index in [4.69, 9.17) is 16.7 Å². The van der Waals surface area contributed by atoms with Crippen LogP contribution in [0, 0.1) is 0 Å². The number of rotatable bonds is 4. The molecule has 3 saturated carbocycles. The number of hydrogen-bond acceptors (Lipinski definition) is 1. The zero-order valence-electron chi connectivity index (χ0n) is 18.0. The van der Waals surface area contributed by atoms with E-state index in [2.05, 4.69) is 0 Å². The van der Waals surface area contributed by atoms with E-state index in [0.717, 1.165) is 0 Å². The maximum absolute atomic E-state index is 10.3. The van der Waals surface area contributed by atoms with Gasteiger partial charge < -0.3 is 5.11 Å². The van der Waals surface area contributed by atoms with Gasteiger partial charge in [0.1, 0.15) is 0 Å². The summed E-state index contributed by atoms with van der Waals surface area (Å²) in [4.78, 5) is 10.3. The van der Waals surface area contributed by atoms with Gasteiger partial charge in [0.2, 0.25) is 0 Å². The number of carboxylic acid groups (broad SMARTS) is 1. The van der Waals surface area contributed by atoms with Crippen molar-refractivity contribution in [1.29, 1.82) is 0 Å². The van der Waals surface area contributed by atoms with Crippen molar-refractivity contribution in [3.8, 4) is 0 Å². The smallest absolute Gasteiger partial charge is 0.335 e. The number of aromatic carboxylic acids is 1. The van der Waals surface area contributed by atoms with Gasteiger partial charge >= 0.3 is 134 Å². The van der Waals surface area contributed by atoms with Crippen molar-refractivity contribution >= 4 is 37.3 Å². The minimum Gasteiger partial charge on any atom is -0.478 e. The van der Waals surface area contributed by atoms with Gasteiger partial charge in [0.15, 0.2) is 0 Å². The van der Waals surface area contributed by atoms with E-state index in [-0.39, 0.29) is 5.56 Å². The van der Waals surface area contributed by atoms with E-state index >= 15 is 0 Å². The zero-order valence-corrected chi connectivity index (χ0v) is 22.0. The van der Waals surface area contributed by atoms with Gasteiger partial charge in [0.25, 0.3) is 0 Å². The van der Waals surface area contributed by atoms with Crippen LogP contribution in [0.3, 0.4) is 0 Å². The third kappa shape index (κ3) is 7.45. The Bertz CT molecular complexity index is 557. The predicted octanol–water partition coefficient (Wildman–Crippen LogP) is 8.25. The second-order valence-electron chi connectivity index (χ2n) is 9.58. The van der Waals surface area contributed by atoms with Crippen LogP contribution in [0.2, 0.25) is 16.8 Å². The molecule has 3 aliphatic rings. The average molecular weight is 526 g/mol. The Labute approximate surface area is 189 Å². The molecule has 0 unspecified atom stereocenters. The summed E-state index contributed by atoms with van der Waals surface area (Å²) in [6.45, 7) is 0. The van der Waals surface area contributed by atoms with Crippen molar-refractivity contribution in [1.82, 2.24) is 0 Å². The molecule has 3 fully saturated rings. The van der Waals surface area contributed by atoms with Crippen molar-refractivity contribution < 1.29 is 9.90 Å². The second kappa shape index (κ2) is 12.6. The molecule has 0 spiro atoms. The molecule has 0 radical (unpaired) electrons. The van der Waals surface area contributed by atoms with Crippen molar-refractivity contribution in [3.05, 3.63) is 34.9 Å². The van der Waals surface area contributed by atoms with E-state index in [0.29, 0.717) is 5.02 Å². The van der Waals surface area contributed by atoms with Crippen molar-refractivity contribution in [2.24, 2.45) is 0 Å². The minimum absolute atomic E-state index is 0.254. The summed E-state index contributed by atoms with van der Waals surface area (Å²) in [6.07, 6.45) is 24.3. The summed E-state index contributed by atoms with van der Waals surface area (Å²) in [5, 5.41) is 8.98. The monoisotopic (exact) mass is 526 g/mol. The van der Waals surface area contributed by atoms with Crippen LogP contribution in [0.25, 0.3) is 0 Å². The normalized spacial score (nSPS) is 22.1. The van der Waals surface area contributed by atoms with Crippen LogP contribution in [0.1, 0.15) is 107 Å². The van der Waals surface area contributed by atoms with Gasteiger partial charge in [0, 0.05) is 5.02 Å². The Balaban J connectivity index is 0.000000204. The molecule has 1 aromatic carbocycles. The fourth-order valence-corrected chi connectivity index (χ4v) is 23.6. The Kier molecular flexibility index (Phi) is 10.2. The Morgan fingerprint density at radius 1 is 0.690 bits per heavy atom. The standard InChI is InChI=1S/C7H5ClO2.3C6H11.Sn.H/c8-6-3-1-5(2-4-6)7(9)10;3*1-2-4-6-5-3-1;;/h1-4H,(H,9,10);3*1H,2-6H2;;. The van der Waals surface area contributed by atoms with Crippen LogP contribution in [0.15, 0.2) is 24.3 Å². The SMILES string of the molecule is C1CC[CH]([SnH]([CH]2CCCCC2)[CH]2CCCCC2)CC1.O=C(O)c1ccc(Cl)cc1. The fraction of sp³-hybridized carbons (Fsp3) is 0.720. The summed E-state index contributed by atoms with van der Waals surface area (Å²) in [7, 11) is 0. The van der Waals surface area contributed by atoms with Gasteiger partial charge in [-0.2, -0.15) is 0 Å². The van der Waals surface area contributed by atoms with Gasteiger partial charge in [-0.25, -0.2) is 4.79 Å². The third-order valence-corrected chi connectivity index (χ3v) is 23.0. The Morgan fingerprint density at radius 2 is 1.03 bits per heavy atom. The fourth-order valence-electron chi connectivity index (χ4n) is 6.30. The van der Waals surface area contributed by atoms with E-state index in [1.54, 1.807) is 108 Å². The van der Waals surface area contributed by atoms with Crippen molar-refractivity contribution in [2.45, 2.75) is 108 Å². The first-order chi connectivity index (χ1) is 14.1. The van der Waals surface area contributed by atoms with Crippen LogP contribution < -0.4 is 0 Å². The molecule has 0 aromatic heterocycles. The van der Waals surface area contributed by atoms with Crippen LogP contribution in [-0.4, -0.2) is 30.8 Å². The number of carboxylic acids is 1. The molecule has 1 aromatic rings. The van der Waals surface area contributed by atoms with Crippen molar-refractivity contribution in [3.63, 3.8) is 0 Å². The molecule has 3 aliphatic carbocycles. The summed E-state index contributed by atoms with van der Waals surface area (Å²) in [5.74, 6) is -0.934. The third-order valence-electron chi connectivity index (χ3n) is 7.67. The summed E-state index contributed by atoms with van der Waals surface area (Å²) >= 11 is 4.22. The molecule has 162 valence electrons.